The Labute approximate surface area is 121 Å². The van der Waals surface area contributed by atoms with Gasteiger partial charge in [0.05, 0.1) is 12.6 Å². The Bertz CT molecular complexity index is 466. The van der Waals surface area contributed by atoms with E-state index in [-0.39, 0.29) is 12.6 Å². The zero-order chi connectivity index (χ0) is 15.1. The van der Waals surface area contributed by atoms with Gasteiger partial charge in [-0.05, 0) is 39.3 Å². The fourth-order valence-electron chi connectivity index (χ4n) is 2.02. The molecule has 1 aromatic carbocycles. The molecule has 4 nitrogen and oxygen atoms in total. The van der Waals surface area contributed by atoms with Crippen LogP contribution in [0.25, 0.3) is 0 Å². The quantitative estimate of drug-likeness (QED) is 0.776. The minimum atomic E-state index is -0.605. The number of rotatable bonds is 7. The van der Waals surface area contributed by atoms with Crippen molar-refractivity contribution in [1.82, 2.24) is 4.90 Å². The van der Waals surface area contributed by atoms with E-state index in [2.05, 4.69) is 12.1 Å². The van der Waals surface area contributed by atoms with Crippen molar-refractivity contribution in [3.05, 3.63) is 29.3 Å². The third-order valence-electron chi connectivity index (χ3n) is 3.21. The zero-order valence-electron chi connectivity index (χ0n) is 12.8. The van der Waals surface area contributed by atoms with Crippen molar-refractivity contribution in [3.8, 4) is 11.8 Å². The Morgan fingerprint density at radius 3 is 2.60 bits per heavy atom. The molecule has 0 aliphatic rings. The van der Waals surface area contributed by atoms with Gasteiger partial charge in [0.1, 0.15) is 18.5 Å². The van der Waals surface area contributed by atoms with Gasteiger partial charge in [0.25, 0.3) is 0 Å². The molecule has 20 heavy (non-hydrogen) atoms. The third kappa shape index (κ3) is 5.20. The topological polar surface area (TPSA) is 56.5 Å². The standard InChI is InChI=1S/C16H24N2O2/c1-12(2)18(8-7-17)10-15(19)11-20-16-6-5-13(3)9-14(16)4/h5-6,9,12,15,19H,8,10-11H2,1-4H3. The Morgan fingerprint density at radius 2 is 2.05 bits per heavy atom. The Balaban J connectivity index is 2.50. The van der Waals surface area contributed by atoms with E-state index in [9.17, 15) is 5.11 Å². The van der Waals surface area contributed by atoms with E-state index in [1.54, 1.807) is 0 Å². The molecule has 0 aromatic heterocycles. The number of hydrogen-bond donors (Lipinski definition) is 1. The molecule has 0 bridgehead atoms. The second-order valence-electron chi connectivity index (χ2n) is 5.42. The fourth-order valence-corrected chi connectivity index (χ4v) is 2.02. The summed E-state index contributed by atoms with van der Waals surface area (Å²) < 4.78 is 5.65. The minimum absolute atomic E-state index is 0.227. The highest BCUT2D eigenvalue weighted by Crippen LogP contribution is 2.18. The first-order valence-electron chi connectivity index (χ1n) is 6.93. The number of benzene rings is 1. The van der Waals surface area contributed by atoms with Gasteiger partial charge in [-0.15, -0.1) is 0 Å². The van der Waals surface area contributed by atoms with Crippen LogP contribution >= 0.6 is 0 Å². The van der Waals surface area contributed by atoms with E-state index in [1.165, 1.54) is 5.56 Å². The van der Waals surface area contributed by atoms with E-state index in [4.69, 9.17) is 10.00 Å². The number of aryl methyl sites for hydroxylation is 2. The molecular weight excluding hydrogens is 252 g/mol. The first kappa shape index (κ1) is 16.5. The molecule has 4 heteroatoms. The smallest absolute Gasteiger partial charge is 0.122 e. The van der Waals surface area contributed by atoms with Crippen LogP contribution in [0.5, 0.6) is 5.75 Å². The summed E-state index contributed by atoms with van der Waals surface area (Å²) in [5.41, 5.74) is 2.25. The lowest BCUT2D eigenvalue weighted by Gasteiger charge is -2.26. The third-order valence-corrected chi connectivity index (χ3v) is 3.21. The maximum absolute atomic E-state index is 10.0. The number of nitrogens with zero attached hydrogens (tertiary/aromatic N) is 2. The number of hydrogen-bond acceptors (Lipinski definition) is 4. The lowest BCUT2D eigenvalue weighted by atomic mass is 10.1. The first-order chi connectivity index (χ1) is 9.43. The van der Waals surface area contributed by atoms with Crippen LogP contribution in [0, 0.1) is 25.2 Å². The second kappa shape index (κ2) is 7.88. The molecule has 1 N–H and O–H groups in total. The Hall–Kier alpha value is -1.57. The van der Waals surface area contributed by atoms with Gasteiger partial charge in [-0.1, -0.05) is 17.7 Å². The normalized spacial score (nSPS) is 12.5. The lowest BCUT2D eigenvalue weighted by molar-refractivity contribution is 0.0626. The van der Waals surface area contributed by atoms with Crippen molar-refractivity contribution in [2.75, 3.05) is 19.7 Å². The van der Waals surface area contributed by atoms with Crippen molar-refractivity contribution in [1.29, 1.82) is 5.26 Å². The van der Waals surface area contributed by atoms with E-state index in [0.29, 0.717) is 13.1 Å². The summed E-state index contributed by atoms with van der Waals surface area (Å²) in [6, 6.07) is 8.31. The molecule has 0 fully saturated rings. The van der Waals surface area contributed by atoms with E-state index < -0.39 is 6.10 Å². The van der Waals surface area contributed by atoms with Crippen LogP contribution in [0.1, 0.15) is 25.0 Å². The number of nitriles is 1. The van der Waals surface area contributed by atoms with Crippen LogP contribution in [-0.2, 0) is 0 Å². The number of aliphatic hydroxyl groups excluding tert-OH is 1. The monoisotopic (exact) mass is 276 g/mol. The SMILES string of the molecule is Cc1ccc(OCC(O)CN(CC#N)C(C)C)c(C)c1. The van der Waals surface area contributed by atoms with E-state index in [1.807, 2.05) is 44.7 Å². The van der Waals surface area contributed by atoms with Crippen LogP contribution in [0.15, 0.2) is 18.2 Å². The predicted octanol–water partition coefficient (Wildman–Crippen LogP) is 2.28. The number of aliphatic hydroxyl groups is 1. The molecule has 0 spiro atoms. The molecule has 1 atom stereocenters. The summed E-state index contributed by atoms with van der Waals surface area (Å²) in [6.45, 7) is 9.04. The van der Waals surface area contributed by atoms with Gasteiger partial charge in [0.2, 0.25) is 0 Å². The molecule has 0 aliphatic heterocycles. The van der Waals surface area contributed by atoms with Crippen LogP contribution in [0.2, 0.25) is 0 Å². The average molecular weight is 276 g/mol. The molecular formula is C16H24N2O2. The van der Waals surface area contributed by atoms with Crippen molar-refractivity contribution >= 4 is 0 Å². The molecule has 0 saturated heterocycles. The van der Waals surface area contributed by atoms with Gasteiger partial charge in [-0.2, -0.15) is 5.26 Å². The van der Waals surface area contributed by atoms with E-state index in [0.717, 1.165) is 11.3 Å². The van der Waals surface area contributed by atoms with Crippen LogP contribution in [0.3, 0.4) is 0 Å². The van der Waals surface area contributed by atoms with Crippen LogP contribution in [-0.4, -0.2) is 41.8 Å². The average Bonchev–Trinajstić information content (AvgIpc) is 2.37. The first-order valence-corrected chi connectivity index (χ1v) is 6.93. The molecule has 1 rings (SSSR count). The van der Waals surface area contributed by atoms with Gasteiger partial charge < -0.3 is 9.84 Å². The van der Waals surface area contributed by atoms with Crippen LogP contribution < -0.4 is 4.74 Å². The van der Waals surface area contributed by atoms with Gasteiger partial charge in [0.15, 0.2) is 0 Å². The lowest BCUT2D eigenvalue weighted by Crippen LogP contribution is -2.40. The van der Waals surface area contributed by atoms with Crippen molar-refractivity contribution in [2.45, 2.75) is 39.8 Å². The Kier molecular flexibility index (Phi) is 6.50. The highest BCUT2D eigenvalue weighted by Gasteiger charge is 2.15. The maximum atomic E-state index is 10.0. The molecule has 110 valence electrons. The minimum Gasteiger partial charge on any atom is -0.491 e. The second-order valence-corrected chi connectivity index (χ2v) is 5.42. The number of ether oxygens (including phenoxy) is 1. The summed E-state index contributed by atoms with van der Waals surface area (Å²) in [5, 5.41) is 18.8. The molecule has 0 aliphatic carbocycles. The van der Waals surface area contributed by atoms with Gasteiger partial charge in [0, 0.05) is 12.6 Å². The molecule has 0 saturated carbocycles. The van der Waals surface area contributed by atoms with Gasteiger partial charge in [-0.25, -0.2) is 0 Å². The fraction of sp³-hybridized carbons (Fsp3) is 0.562. The zero-order valence-corrected chi connectivity index (χ0v) is 12.8. The summed E-state index contributed by atoms with van der Waals surface area (Å²) in [5.74, 6) is 0.797. The summed E-state index contributed by atoms with van der Waals surface area (Å²) in [7, 11) is 0. The molecule has 1 unspecified atom stereocenters. The highest BCUT2D eigenvalue weighted by molar-refractivity contribution is 5.35. The summed E-state index contributed by atoms with van der Waals surface area (Å²) in [6.07, 6.45) is -0.605. The summed E-state index contributed by atoms with van der Waals surface area (Å²) in [4.78, 5) is 1.93. The van der Waals surface area contributed by atoms with Crippen molar-refractivity contribution in [3.63, 3.8) is 0 Å². The van der Waals surface area contributed by atoms with Gasteiger partial charge >= 0.3 is 0 Å². The Morgan fingerprint density at radius 1 is 1.35 bits per heavy atom. The predicted molar refractivity (Wildman–Crippen MR) is 79.7 cm³/mol. The highest BCUT2D eigenvalue weighted by atomic mass is 16.5. The van der Waals surface area contributed by atoms with Crippen LogP contribution in [0.4, 0.5) is 0 Å². The molecule has 1 aromatic rings. The summed E-state index contributed by atoms with van der Waals surface area (Å²) >= 11 is 0. The molecule has 0 radical (unpaired) electrons. The van der Waals surface area contributed by atoms with Gasteiger partial charge in [-0.3, -0.25) is 4.90 Å². The van der Waals surface area contributed by atoms with Crippen molar-refractivity contribution < 1.29 is 9.84 Å². The maximum Gasteiger partial charge on any atom is 0.122 e. The van der Waals surface area contributed by atoms with E-state index >= 15 is 0 Å². The molecule has 0 amide bonds. The van der Waals surface area contributed by atoms with Crippen molar-refractivity contribution in [2.24, 2.45) is 0 Å². The molecule has 0 heterocycles. The largest absolute Gasteiger partial charge is 0.491 e.